The fraction of sp³-hybridized carbons (Fsp3) is 0.727. The molecule has 1 aliphatic heterocycles. The number of nitrogens with one attached hydrogen (secondary N) is 1. The molecular formula is C22H39F3N2O2S2Si. The second-order valence-electron chi connectivity index (χ2n) is 10.2. The van der Waals surface area contributed by atoms with Gasteiger partial charge in [-0.25, -0.2) is 0 Å². The normalized spacial score (nSPS) is 20.9. The lowest BCUT2D eigenvalue weighted by Crippen LogP contribution is -2.44. The van der Waals surface area contributed by atoms with Crippen molar-refractivity contribution in [1.82, 2.24) is 10.2 Å². The maximum absolute atomic E-state index is 12.6. The van der Waals surface area contributed by atoms with E-state index in [1.807, 2.05) is 6.07 Å². The molecule has 1 aromatic rings. The first-order valence-electron chi connectivity index (χ1n) is 10.8. The molecule has 0 unspecified atom stereocenters. The molecule has 32 heavy (non-hydrogen) atoms. The Morgan fingerprint density at radius 3 is 2.34 bits per heavy atom. The maximum Gasteiger partial charge on any atom is 0.573 e. The monoisotopic (exact) mass is 512 g/mol. The van der Waals surface area contributed by atoms with Crippen LogP contribution < -0.4 is 10.1 Å². The summed E-state index contributed by atoms with van der Waals surface area (Å²) in [7, 11) is -1.82. The van der Waals surface area contributed by atoms with Gasteiger partial charge in [-0.2, -0.15) is 27.0 Å². The number of ether oxygens (including phenoxy) is 1. The zero-order valence-corrected chi connectivity index (χ0v) is 22.7. The number of benzene rings is 1. The van der Waals surface area contributed by atoms with E-state index < -0.39 is 14.7 Å². The lowest BCUT2D eigenvalue weighted by Gasteiger charge is -2.38. The van der Waals surface area contributed by atoms with E-state index in [0.29, 0.717) is 6.04 Å². The van der Waals surface area contributed by atoms with Crippen LogP contribution in [0, 0.1) is 0 Å². The van der Waals surface area contributed by atoms with Crippen LogP contribution in [0.4, 0.5) is 13.2 Å². The Hall–Kier alpha value is -0.393. The van der Waals surface area contributed by atoms with E-state index in [-0.39, 0.29) is 49.9 Å². The van der Waals surface area contributed by atoms with E-state index >= 15 is 0 Å². The Kier molecular flexibility index (Phi) is 10.5. The molecule has 1 heterocycles. The summed E-state index contributed by atoms with van der Waals surface area (Å²) in [4.78, 5) is 2.37. The van der Waals surface area contributed by atoms with Gasteiger partial charge >= 0.3 is 6.36 Å². The number of hydrogen-bond acceptors (Lipinski definition) is 4. The van der Waals surface area contributed by atoms with Crippen molar-refractivity contribution in [2.24, 2.45) is 0 Å². The SMILES string of the molecule is CC(C)(C)[Si](C)(C)O[C@H]1CCN(C[C@@H](NC2CC2)c2cccc(OC(F)(F)F)c2)C1.S.S. The highest BCUT2D eigenvalue weighted by Gasteiger charge is 2.41. The number of rotatable bonds is 8. The molecule has 1 saturated carbocycles. The molecule has 10 heteroatoms. The number of hydrogen-bond donors (Lipinski definition) is 1. The van der Waals surface area contributed by atoms with Crippen molar-refractivity contribution in [3.8, 4) is 5.75 Å². The van der Waals surface area contributed by atoms with E-state index in [4.69, 9.17) is 4.43 Å². The molecule has 0 radical (unpaired) electrons. The zero-order valence-electron chi connectivity index (χ0n) is 19.7. The number of alkyl halides is 3. The third-order valence-electron chi connectivity index (χ3n) is 6.45. The van der Waals surface area contributed by atoms with Gasteiger partial charge in [-0.15, -0.1) is 13.2 Å². The van der Waals surface area contributed by atoms with Crippen LogP contribution >= 0.6 is 27.0 Å². The molecule has 1 aliphatic carbocycles. The third-order valence-corrected chi connectivity index (χ3v) is 11.0. The van der Waals surface area contributed by atoms with Crippen molar-refractivity contribution in [1.29, 1.82) is 0 Å². The van der Waals surface area contributed by atoms with Crippen LogP contribution in [0.3, 0.4) is 0 Å². The molecule has 1 aromatic carbocycles. The van der Waals surface area contributed by atoms with Crippen LogP contribution in [0.5, 0.6) is 5.75 Å². The lowest BCUT2D eigenvalue weighted by molar-refractivity contribution is -0.274. The summed E-state index contributed by atoms with van der Waals surface area (Å²) in [5.74, 6) is -0.164. The quantitative estimate of drug-likeness (QED) is 0.453. The minimum atomic E-state index is -4.68. The predicted octanol–water partition coefficient (Wildman–Crippen LogP) is 5.70. The number of halogens is 3. The van der Waals surface area contributed by atoms with Gasteiger partial charge in [0, 0.05) is 31.7 Å². The van der Waals surface area contributed by atoms with Crippen molar-refractivity contribution in [2.45, 2.75) is 82.7 Å². The summed E-state index contributed by atoms with van der Waals surface area (Å²) in [5.41, 5.74) is 0.831. The van der Waals surface area contributed by atoms with Gasteiger partial charge in [0.25, 0.3) is 0 Å². The van der Waals surface area contributed by atoms with E-state index in [0.717, 1.165) is 44.5 Å². The highest BCUT2D eigenvalue weighted by Crippen LogP contribution is 2.38. The molecule has 4 nitrogen and oxygen atoms in total. The Labute approximate surface area is 205 Å². The molecule has 0 bridgehead atoms. The summed E-state index contributed by atoms with van der Waals surface area (Å²) in [5, 5.41) is 3.78. The molecule has 2 atom stereocenters. The van der Waals surface area contributed by atoms with Crippen molar-refractivity contribution < 1.29 is 22.3 Å². The smallest absolute Gasteiger partial charge is 0.413 e. The molecule has 0 spiro atoms. The van der Waals surface area contributed by atoms with Crippen molar-refractivity contribution in [3.05, 3.63) is 29.8 Å². The highest BCUT2D eigenvalue weighted by molar-refractivity contribution is 7.59. The fourth-order valence-corrected chi connectivity index (χ4v) is 5.01. The fourth-order valence-electron chi connectivity index (χ4n) is 3.63. The van der Waals surface area contributed by atoms with Crippen LogP contribution in [0.1, 0.15) is 51.6 Å². The van der Waals surface area contributed by atoms with Crippen molar-refractivity contribution in [3.63, 3.8) is 0 Å². The molecule has 2 aliphatic rings. The van der Waals surface area contributed by atoms with Gasteiger partial charge in [-0.3, -0.25) is 4.90 Å². The number of nitrogens with zero attached hydrogens (tertiary/aromatic N) is 1. The zero-order chi connectivity index (χ0) is 22.2. The van der Waals surface area contributed by atoms with Crippen molar-refractivity contribution >= 4 is 35.3 Å². The molecule has 1 N–H and O–H groups in total. The Morgan fingerprint density at radius 1 is 1.12 bits per heavy atom. The summed E-state index contributed by atoms with van der Waals surface area (Å²) in [6.07, 6.45) is -1.22. The molecule has 1 saturated heterocycles. The van der Waals surface area contributed by atoms with Crippen molar-refractivity contribution in [2.75, 3.05) is 19.6 Å². The standard InChI is InChI=1S/C22H35F3N2O2Si.2H2S/c1-21(2,3)30(4,5)29-19-11-12-27(14-19)15-20(26-17-9-10-17)16-7-6-8-18(13-16)28-22(23,24)25;;/h6-8,13,17,19-20,26H,9-12,14-15H2,1-5H3;2*1H2/t19-,20+;;/m0../s1. The largest absolute Gasteiger partial charge is 0.573 e. The van der Waals surface area contributed by atoms with Gasteiger partial charge in [-0.05, 0) is 55.1 Å². The Bertz CT molecular complexity index is 728. The molecule has 3 rings (SSSR count). The molecular weight excluding hydrogens is 473 g/mol. The van der Waals surface area contributed by atoms with E-state index in [1.54, 1.807) is 6.07 Å². The highest BCUT2D eigenvalue weighted by atomic mass is 32.1. The average molecular weight is 513 g/mol. The van der Waals surface area contributed by atoms with E-state index in [1.165, 1.54) is 12.1 Å². The second kappa shape index (κ2) is 11.4. The van der Waals surface area contributed by atoms with E-state index in [2.05, 4.69) is 48.8 Å². The minimum absolute atomic E-state index is 0. The summed E-state index contributed by atoms with van der Waals surface area (Å²) < 4.78 is 48.6. The van der Waals surface area contributed by atoms with Crippen LogP contribution in [-0.2, 0) is 4.43 Å². The van der Waals surface area contributed by atoms with Gasteiger partial charge in [0.2, 0.25) is 0 Å². The van der Waals surface area contributed by atoms with Crippen LogP contribution in [0.2, 0.25) is 18.1 Å². The summed E-state index contributed by atoms with van der Waals surface area (Å²) in [6, 6.07) is 6.79. The van der Waals surface area contributed by atoms with Gasteiger partial charge < -0.3 is 14.5 Å². The van der Waals surface area contributed by atoms with Crippen LogP contribution in [0.15, 0.2) is 24.3 Å². The van der Waals surface area contributed by atoms with Gasteiger partial charge in [0.05, 0.1) is 6.10 Å². The van der Waals surface area contributed by atoms with Gasteiger partial charge in [-0.1, -0.05) is 32.9 Å². The topological polar surface area (TPSA) is 33.7 Å². The molecule has 186 valence electrons. The lowest BCUT2D eigenvalue weighted by atomic mass is 10.1. The maximum atomic E-state index is 12.6. The van der Waals surface area contributed by atoms with E-state index in [9.17, 15) is 13.2 Å². The van der Waals surface area contributed by atoms with Crippen LogP contribution in [-0.4, -0.2) is 51.4 Å². The Balaban J connectivity index is 0.00000256. The first kappa shape index (κ1) is 29.6. The third kappa shape index (κ3) is 8.75. The molecule has 2 fully saturated rings. The predicted molar refractivity (Wildman–Crippen MR) is 136 cm³/mol. The number of likely N-dealkylation sites (tertiary alicyclic amines) is 1. The minimum Gasteiger partial charge on any atom is -0.413 e. The molecule has 0 amide bonds. The summed E-state index contributed by atoms with van der Waals surface area (Å²) in [6.45, 7) is 13.9. The first-order chi connectivity index (χ1) is 13.8. The average Bonchev–Trinajstić information content (AvgIpc) is 3.30. The Morgan fingerprint density at radius 2 is 1.78 bits per heavy atom. The second-order valence-corrected chi connectivity index (χ2v) is 14.9. The summed E-state index contributed by atoms with van der Waals surface area (Å²) >= 11 is 0. The first-order valence-corrected chi connectivity index (χ1v) is 13.8. The molecule has 0 aromatic heterocycles. The van der Waals surface area contributed by atoms with Gasteiger partial charge in [0.15, 0.2) is 8.32 Å². The van der Waals surface area contributed by atoms with Crippen LogP contribution in [0.25, 0.3) is 0 Å². The van der Waals surface area contributed by atoms with Gasteiger partial charge in [0.1, 0.15) is 5.75 Å².